The molecule has 1 aromatic carbocycles. The van der Waals surface area contributed by atoms with Crippen molar-refractivity contribution in [1.29, 1.82) is 0 Å². The molecule has 2 amide bonds. The van der Waals surface area contributed by atoms with E-state index >= 15 is 0 Å². The van der Waals surface area contributed by atoms with Gasteiger partial charge in [-0.3, -0.25) is 14.3 Å². The third kappa shape index (κ3) is 4.59. The largest absolute Gasteiger partial charge is 0.494 e. The fourth-order valence-electron chi connectivity index (χ4n) is 5.33. The highest BCUT2D eigenvalue weighted by atomic mass is 19.1. The summed E-state index contributed by atoms with van der Waals surface area (Å²) in [5.74, 6) is -1.51. The Morgan fingerprint density at radius 3 is 2.69 bits per heavy atom. The van der Waals surface area contributed by atoms with Crippen LogP contribution in [-0.2, 0) is 14.3 Å². The number of nitrogens with one attached hydrogen (secondary N) is 2. The number of rotatable bonds is 8. The van der Waals surface area contributed by atoms with Gasteiger partial charge in [-0.25, -0.2) is 9.37 Å². The maximum absolute atomic E-state index is 14.2. The second-order valence-corrected chi connectivity index (χ2v) is 10.0. The van der Waals surface area contributed by atoms with Crippen LogP contribution in [0.1, 0.15) is 48.5 Å². The molecule has 0 bridgehead atoms. The second kappa shape index (κ2) is 9.62. The Balaban J connectivity index is 1.30. The van der Waals surface area contributed by atoms with Crippen molar-refractivity contribution in [3.8, 4) is 16.9 Å². The Morgan fingerprint density at radius 1 is 1.18 bits per heavy atom. The number of pyridine rings is 1. The standard InChI is InChI=1S/C27H29FN6O5/c1-37-23-17(16-13-31-34(15-16)21-6-3-7-27(21)38-10-11-39-27)4-2-5-19(23)32-20-12-22(30-14-18(20)24(29)35)33-25(36)26(28)8-9-26/h2,4-5,12-15,21H,3,6-11H2,1H3,(H2,29,35)(H2,30,32,33,36)/t21-/m0/s1. The van der Waals surface area contributed by atoms with E-state index in [-0.39, 0.29) is 36.0 Å². The molecule has 0 unspecified atom stereocenters. The van der Waals surface area contributed by atoms with Gasteiger partial charge in [0.2, 0.25) is 0 Å². The second-order valence-electron chi connectivity index (χ2n) is 10.0. The number of primary amides is 1. The number of ether oxygens (including phenoxy) is 3. The number of carbonyl (C=O) groups is 2. The first-order valence-electron chi connectivity index (χ1n) is 12.9. The lowest BCUT2D eigenvalue weighted by Crippen LogP contribution is -2.36. The van der Waals surface area contributed by atoms with Crippen molar-refractivity contribution in [2.75, 3.05) is 31.0 Å². The Kier molecular flexibility index (Phi) is 6.23. The molecule has 204 valence electrons. The predicted molar refractivity (Wildman–Crippen MR) is 139 cm³/mol. The molecule has 3 heterocycles. The molecule has 2 aliphatic carbocycles. The number of nitrogens with zero attached hydrogens (tertiary/aromatic N) is 3. The summed E-state index contributed by atoms with van der Waals surface area (Å²) in [6.07, 6.45) is 8.02. The first-order chi connectivity index (χ1) is 18.8. The highest BCUT2D eigenvalue weighted by Crippen LogP contribution is 2.46. The van der Waals surface area contributed by atoms with E-state index in [9.17, 15) is 14.0 Å². The van der Waals surface area contributed by atoms with Gasteiger partial charge < -0.3 is 30.6 Å². The minimum Gasteiger partial charge on any atom is -0.494 e. The number of hydrogen-bond donors (Lipinski definition) is 3. The van der Waals surface area contributed by atoms with Crippen LogP contribution in [-0.4, -0.2) is 58.4 Å². The van der Waals surface area contributed by atoms with Crippen molar-refractivity contribution < 1.29 is 28.2 Å². The molecule has 4 N–H and O–H groups in total. The number of amides is 2. The van der Waals surface area contributed by atoms with Crippen LogP contribution in [0.2, 0.25) is 0 Å². The number of methoxy groups -OCH3 is 1. The number of alkyl halides is 1. The highest BCUT2D eigenvalue weighted by molar-refractivity contribution is 6.02. The van der Waals surface area contributed by atoms with Crippen molar-refractivity contribution in [3.05, 3.63) is 48.4 Å². The zero-order valence-corrected chi connectivity index (χ0v) is 21.4. The van der Waals surface area contributed by atoms with E-state index in [1.807, 2.05) is 23.0 Å². The van der Waals surface area contributed by atoms with E-state index in [0.29, 0.717) is 24.7 Å². The summed E-state index contributed by atoms with van der Waals surface area (Å²) in [5, 5.41) is 10.3. The normalized spacial score (nSPS) is 20.6. The summed E-state index contributed by atoms with van der Waals surface area (Å²) in [7, 11) is 1.55. The number of aromatic nitrogens is 3. The molecular formula is C27H29FN6O5. The number of anilines is 3. The van der Waals surface area contributed by atoms with Crippen LogP contribution < -0.4 is 21.1 Å². The lowest BCUT2D eigenvalue weighted by atomic mass is 10.1. The number of halogens is 1. The van der Waals surface area contributed by atoms with Crippen molar-refractivity contribution in [1.82, 2.24) is 14.8 Å². The first-order valence-corrected chi connectivity index (χ1v) is 12.9. The number of hydrogen-bond acceptors (Lipinski definition) is 8. The van der Waals surface area contributed by atoms with Gasteiger partial charge in [-0.05, 0) is 31.7 Å². The fourth-order valence-corrected chi connectivity index (χ4v) is 5.33. The van der Waals surface area contributed by atoms with Gasteiger partial charge in [0.1, 0.15) is 17.6 Å². The molecule has 2 aromatic heterocycles. The van der Waals surface area contributed by atoms with Gasteiger partial charge in [-0.2, -0.15) is 5.10 Å². The van der Waals surface area contributed by atoms with Crippen LogP contribution in [0.25, 0.3) is 11.1 Å². The predicted octanol–water partition coefficient (Wildman–Crippen LogP) is 3.70. The van der Waals surface area contributed by atoms with Crippen molar-refractivity contribution >= 4 is 29.0 Å². The number of nitrogens with two attached hydrogens (primary N) is 1. The number of para-hydroxylation sites is 1. The molecule has 6 rings (SSSR count). The summed E-state index contributed by atoms with van der Waals surface area (Å²) < 4.78 is 33.8. The lowest BCUT2D eigenvalue weighted by Gasteiger charge is -2.29. The van der Waals surface area contributed by atoms with E-state index in [0.717, 1.165) is 30.4 Å². The van der Waals surface area contributed by atoms with Crippen molar-refractivity contribution in [2.24, 2.45) is 5.73 Å². The van der Waals surface area contributed by atoms with Gasteiger partial charge >= 0.3 is 0 Å². The molecule has 3 aromatic rings. The molecule has 1 aliphatic heterocycles. The molecule has 1 atom stereocenters. The SMILES string of the molecule is COc1c(Nc2cc(NC(=O)C3(F)CC3)ncc2C(N)=O)cccc1-c1cnn([C@H]2CCCC23OCCO3)c1. The van der Waals surface area contributed by atoms with Crippen LogP contribution in [0.3, 0.4) is 0 Å². The van der Waals surface area contributed by atoms with Crippen LogP contribution in [0, 0.1) is 0 Å². The molecular weight excluding hydrogens is 507 g/mol. The van der Waals surface area contributed by atoms with Gasteiger partial charge in [0.15, 0.2) is 11.5 Å². The molecule has 3 fully saturated rings. The third-order valence-corrected chi connectivity index (χ3v) is 7.51. The van der Waals surface area contributed by atoms with E-state index in [1.54, 1.807) is 19.4 Å². The van der Waals surface area contributed by atoms with Crippen molar-refractivity contribution in [2.45, 2.75) is 49.6 Å². The molecule has 1 saturated heterocycles. The Hall–Kier alpha value is -4.03. The lowest BCUT2D eigenvalue weighted by molar-refractivity contribution is -0.177. The monoisotopic (exact) mass is 536 g/mol. The summed E-state index contributed by atoms with van der Waals surface area (Å²) in [5.41, 5.74) is 6.22. The van der Waals surface area contributed by atoms with Crippen LogP contribution in [0.4, 0.5) is 21.6 Å². The van der Waals surface area contributed by atoms with E-state index in [2.05, 4.69) is 20.7 Å². The zero-order chi connectivity index (χ0) is 27.2. The average molecular weight is 537 g/mol. The van der Waals surface area contributed by atoms with E-state index in [1.165, 1.54) is 12.3 Å². The maximum Gasteiger partial charge on any atom is 0.263 e. The zero-order valence-electron chi connectivity index (χ0n) is 21.4. The summed E-state index contributed by atoms with van der Waals surface area (Å²) in [6.45, 7) is 1.16. The quantitative estimate of drug-likeness (QED) is 0.396. The van der Waals surface area contributed by atoms with E-state index < -0.39 is 23.3 Å². The first kappa shape index (κ1) is 25.3. The molecule has 2 saturated carbocycles. The van der Waals surface area contributed by atoms with Gasteiger partial charge in [-0.15, -0.1) is 0 Å². The summed E-state index contributed by atoms with van der Waals surface area (Å²) >= 11 is 0. The minimum absolute atomic E-state index is 0.0243. The number of carbonyl (C=O) groups excluding carboxylic acids is 2. The topological polar surface area (TPSA) is 143 Å². The minimum atomic E-state index is -1.87. The molecule has 11 nitrogen and oxygen atoms in total. The van der Waals surface area contributed by atoms with Crippen LogP contribution in [0.15, 0.2) is 42.9 Å². The van der Waals surface area contributed by atoms with Gasteiger partial charge in [0, 0.05) is 36.0 Å². The molecule has 3 aliphatic rings. The van der Waals surface area contributed by atoms with Gasteiger partial charge in [-0.1, -0.05) is 12.1 Å². The molecule has 0 radical (unpaired) electrons. The Morgan fingerprint density at radius 2 is 1.97 bits per heavy atom. The Bertz CT molecular complexity index is 1430. The fraction of sp³-hybridized carbons (Fsp3) is 0.407. The molecule has 39 heavy (non-hydrogen) atoms. The summed E-state index contributed by atoms with van der Waals surface area (Å²) in [6, 6.07) is 6.94. The van der Waals surface area contributed by atoms with Crippen molar-refractivity contribution in [3.63, 3.8) is 0 Å². The van der Waals surface area contributed by atoms with Gasteiger partial charge in [0.05, 0.1) is 43.5 Å². The van der Waals surface area contributed by atoms with Crippen LogP contribution >= 0.6 is 0 Å². The van der Waals surface area contributed by atoms with Gasteiger partial charge in [0.25, 0.3) is 11.8 Å². The smallest absolute Gasteiger partial charge is 0.263 e. The number of benzene rings is 1. The molecule has 12 heteroatoms. The Labute approximate surface area is 223 Å². The van der Waals surface area contributed by atoms with Crippen LogP contribution in [0.5, 0.6) is 5.75 Å². The molecule has 1 spiro atoms. The average Bonchev–Trinajstić information content (AvgIpc) is 3.30. The maximum atomic E-state index is 14.2. The summed E-state index contributed by atoms with van der Waals surface area (Å²) in [4.78, 5) is 28.4. The highest BCUT2D eigenvalue weighted by Gasteiger charge is 2.51. The third-order valence-electron chi connectivity index (χ3n) is 7.51. The van der Waals surface area contributed by atoms with E-state index in [4.69, 9.17) is 19.9 Å².